The highest BCUT2D eigenvalue weighted by molar-refractivity contribution is 6.33. The fourth-order valence-electron chi connectivity index (χ4n) is 1.67. The number of nitro benzene ring substituents is 1. The zero-order valence-electron chi connectivity index (χ0n) is 9.54. The maximum atomic E-state index is 10.9. The predicted molar refractivity (Wildman–Crippen MR) is 70.5 cm³/mol. The van der Waals surface area contributed by atoms with Crippen molar-refractivity contribution in [1.29, 1.82) is 0 Å². The Labute approximate surface area is 113 Å². The number of benzene rings is 2. The number of carbonyl (C=O) groups is 1. The van der Waals surface area contributed by atoms with Crippen molar-refractivity contribution in [3.63, 3.8) is 0 Å². The van der Waals surface area contributed by atoms with E-state index in [9.17, 15) is 14.9 Å². The molecule has 96 valence electrons. The Kier molecular flexibility index (Phi) is 3.48. The van der Waals surface area contributed by atoms with E-state index in [0.29, 0.717) is 16.1 Å². The van der Waals surface area contributed by atoms with Crippen molar-refractivity contribution in [2.45, 2.75) is 0 Å². The summed E-state index contributed by atoms with van der Waals surface area (Å²) in [6.45, 7) is 0. The molecule has 0 heterocycles. The van der Waals surface area contributed by atoms with E-state index in [0.717, 1.165) is 0 Å². The van der Waals surface area contributed by atoms with Crippen LogP contribution in [-0.4, -0.2) is 16.0 Å². The van der Waals surface area contributed by atoms with Gasteiger partial charge in [0.05, 0.1) is 10.5 Å². The zero-order chi connectivity index (χ0) is 14.0. The Hall–Kier alpha value is -2.40. The molecule has 1 N–H and O–H groups in total. The van der Waals surface area contributed by atoms with Gasteiger partial charge >= 0.3 is 5.97 Å². The number of hydrogen-bond donors (Lipinski definition) is 1. The first kappa shape index (κ1) is 13.0. The molecule has 0 atom stereocenters. The van der Waals surface area contributed by atoms with Gasteiger partial charge in [0.1, 0.15) is 0 Å². The van der Waals surface area contributed by atoms with Crippen molar-refractivity contribution < 1.29 is 14.8 Å². The van der Waals surface area contributed by atoms with E-state index in [4.69, 9.17) is 16.7 Å². The van der Waals surface area contributed by atoms with Crippen molar-refractivity contribution >= 4 is 23.3 Å². The lowest BCUT2D eigenvalue weighted by Gasteiger charge is -2.06. The molecule has 0 aliphatic heterocycles. The van der Waals surface area contributed by atoms with Crippen molar-refractivity contribution in [2.75, 3.05) is 0 Å². The molecule has 0 bridgehead atoms. The van der Waals surface area contributed by atoms with Gasteiger partial charge in [-0.25, -0.2) is 4.79 Å². The molecule has 0 aromatic heterocycles. The van der Waals surface area contributed by atoms with E-state index in [1.807, 2.05) is 0 Å². The third-order valence-corrected chi connectivity index (χ3v) is 2.91. The van der Waals surface area contributed by atoms with E-state index in [1.165, 1.54) is 36.4 Å². The summed E-state index contributed by atoms with van der Waals surface area (Å²) in [6.07, 6.45) is 0. The van der Waals surface area contributed by atoms with Gasteiger partial charge in [-0.3, -0.25) is 10.1 Å². The first-order valence-corrected chi connectivity index (χ1v) is 5.64. The Balaban J connectivity index is 2.57. The Morgan fingerprint density at radius 1 is 1.21 bits per heavy atom. The highest BCUT2D eigenvalue weighted by Gasteiger charge is 2.12. The number of aromatic carboxylic acids is 1. The van der Waals surface area contributed by atoms with Crippen molar-refractivity contribution in [3.05, 3.63) is 63.2 Å². The molecule has 19 heavy (non-hydrogen) atoms. The maximum absolute atomic E-state index is 10.9. The summed E-state index contributed by atoms with van der Waals surface area (Å²) in [5, 5.41) is 20.0. The van der Waals surface area contributed by atoms with Gasteiger partial charge in [-0.15, -0.1) is 0 Å². The monoisotopic (exact) mass is 277 g/mol. The number of carboxylic acids is 1. The lowest BCUT2D eigenvalue weighted by Crippen LogP contribution is -1.96. The summed E-state index contributed by atoms with van der Waals surface area (Å²) >= 11 is 6.00. The summed E-state index contributed by atoms with van der Waals surface area (Å²) in [4.78, 5) is 21.1. The molecule has 6 heteroatoms. The van der Waals surface area contributed by atoms with Crippen LogP contribution in [0.1, 0.15) is 10.4 Å². The SMILES string of the molecule is O=C(O)c1ccc(Cl)c(-c2cccc([N+](=O)[O-])c2)c1. The van der Waals surface area contributed by atoms with Gasteiger partial charge < -0.3 is 5.11 Å². The van der Waals surface area contributed by atoms with Crippen molar-refractivity contribution in [2.24, 2.45) is 0 Å². The molecule has 2 aromatic carbocycles. The van der Waals surface area contributed by atoms with Crippen LogP contribution in [0.4, 0.5) is 5.69 Å². The molecule has 0 aliphatic carbocycles. The van der Waals surface area contributed by atoms with E-state index < -0.39 is 10.9 Å². The molecule has 0 radical (unpaired) electrons. The van der Waals surface area contributed by atoms with E-state index in [1.54, 1.807) is 6.07 Å². The van der Waals surface area contributed by atoms with E-state index in [-0.39, 0.29) is 11.3 Å². The highest BCUT2D eigenvalue weighted by Crippen LogP contribution is 2.31. The molecule has 0 saturated carbocycles. The van der Waals surface area contributed by atoms with Gasteiger partial charge in [0.25, 0.3) is 5.69 Å². The number of non-ortho nitro benzene ring substituents is 1. The molecule has 2 rings (SSSR count). The number of hydrogen-bond acceptors (Lipinski definition) is 3. The van der Waals surface area contributed by atoms with Gasteiger partial charge in [0.15, 0.2) is 0 Å². The van der Waals surface area contributed by atoms with Crippen molar-refractivity contribution in [3.8, 4) is 11.1 Å². The predicted octanol–water partition coefficient (Wildman–Crippen LogP) is 3.61. The average Bonchev–Trinajstić information content (AvgIpc) is 2.39. The number of rotatable bonds is 3. The molecule has 0 amide bonds. The Morgan fingerprint density at radius 2 is 1.95 bits per heavy atom. The summed E-state index contributed by atoms with van der Waals surface area (Å²) in [5.41, 5.74) is 0.952. The molecule has 2 aromatic rings. The van der Waals surface area contributed by atoms with Gasteiger partial charge in [0.2, 0.25) is 0 Å². The van der Waals surface area contributed by atoms with Crippen LogP contribution >= 0.6 is 11.6 Å². The zero-order valence-corrected chi connectivity index (χ0v) is 10.3. The maximum Gasteiger partial charge on any atom is 0.335 e. The van der Waals surface area contributed by atoms with Crippen LogP contribution in [0, 0.1) is 10.1 Å². The molecule has 0 aliphatic rings. The van der Waals surface area contributed by atoms with Gasteiger partial charge in [0, 0.05) is 22.7 Å². The Bertz CT molecular complexity index is 669. The average molecular weight is 278 g/mol. The molecule has 0 unspecified atom stereocenters. The second-order valence-electron chi connectivity index (χ2n) is 3.81. The lowest BCUT2D eigenvalue weighted by molar-refractivity contribution is -0.384. The number of nitrogens with zero attached hydrogens (tertiary/aromatic N) is 1. The lowest BCUT2D eigenvalue weighted by atomic mass is 10.0. The van der Waals surface area contributed by atoms with Crippen molar-refractivity contribution in [1.82, 2.24) is 0 Å². The number of halogens is 1. The van der Waals surface area contributed by atoms with Crippen LogP contribution in [0.25, 0.3) is 11.1 Å². The second kappa shape index (κ2) is 5.07. The first-order chi connectivity index (χ1) is 8.99. The fourth-order valence-corrected chi connectivity index (χ4v) is 1.89. The topological polar surface area (TPSA) is 80.4 Å². The third-order valence-electron chi connectivity index (χ3n) is 2.58. The summed E-state index contributed by atoms with van der Waals surface area (Å²) in [7, 11) is 0. The molecule has 0 fully saturated rings. The molecular formula is C13H8ClNO4. The first-order valence-electron chi connectivity index (χ1n) is 5.26. The van der Waals surface area contributed by atoms with Crippen LogP contribution in [0.2, 0.25) is 5.02 Å². The largest absolute Gasteiger partial charge is 0.478 e. The standard InChI is InChI=1S/C13H8ClNO4/c14-12-5-4-9(13(16)17)7-11(12)8-2-1-3-10(6-8)15(18)19/h1-7H,(H,16,17). The fraction of sp³-hybridized carbons (Fsp3) is 0. The van der Waals surface area contributed by atoms with Gasteiger partial charge in [-0.2, -0.15) is 0 Å². The summed E-state index contributed by atoms with van der Waals surface area (Å²) in [5.74, 6) is -1.08. The minimum atomic E-state index is -1.08. The highest BCUT2D eigenvalue weighted by atomic mass is 35.5. The van der Waals surface area contributed by atoms with E-state index >= 15 is 0 Å². The van der Waals surface area contributed by atoms with Crippen LogP contribution < -0.4 is 0 Å². The van der Waals surface area contributed by atoms with Gasteiger partial charge in [-0.1, -0.05) is 23.7 Å². The minimum absolute atomic E-state index is 0.0747. The number of nitro groups is 1. The van der Waals surface area contributed by atoms with Crippen LogP contribution in [0.3, 0.4) is 0 Å². The van der Waals surface area contributed by atoms with Gasteiger partial charge in [-0.05, 0) is 23.8 Å². The van der Waals surface area contributed by atoms with Crippen LogP contribution in [-0.2, 0) is 0 Å². The number of carboxylic acid groups (broad SMARTS) is 1. The summed E-state index contributed by atoms with van der Waals surface area (Å²) in [6, 6.07) is 10.1. The quantitative estimate of drug-likeness (QED) is 0.686. The van der Waals surface area contributed by atoms with E-state index in [2.05, 4.69) is 0 Å². The molecule has 0 saturated heterocycles. The molecule has 5 nitrogen and oxygen atoms in total. The van der Waals surface area contributed by atoms with Crippen LogP contribution in [0.15, 0.2) is 42.5 Å². The second-order valence-corrected chi connectivity index (χ2v) is 4.21. The minimum Gasteiger partial charge on any atom is -0.478 e. The van der Waals surface area contributed by atoms with Crippen LogP contribution in [0.5, 0.6) is 0 Å². The normalized spacial score (nSPS) is 10.2. The molecular weight excluding hydrogens is 270 g/mol. The smallest absolute Gasteiger partial charge is 0.335 e. The third kappa shape index (κ3) is 2.71. The molecule has 0 spiro atoms. The Morgan fingerprint density at radius 3 is 2.58 bits per heavy atom. The summed E-state index contributed by atoms with van der Waals surface area (Å²) < 4.78 is 0.